The van der Waals surface area contributed by atoms with Crippen molar-refractivity contribution in [2.45, 2.75) is 39.5 Å². The van der Waals surface area contributed by atoms with Gasteiger partial charge in [-0.15, -0.1) is 0 Å². The minimum Gasteiger partial charge on any atom is -0.294 e. The molecule has 1 aromatic carbocycles. The quantitative estimate of drug-likeness (QED) is 0.703. The van der Waals surface area contributed by atoms with Gasteiger partial charge in [-0.25, -0.2) is 4.39 Å². The monoisotopic (exact) mass is 234 g/mol. The Morgan fingerprint density at radius 1 is 1.24 bits per heavy atom. The van der Waals surface area contributed by atoms with Gasteiger partial charge in [-0.1, -0.05) is 31.9 Å². The van der Waals surface area contributed by atoms with E-state index in [2.05, 4.69) is 6.92 Å². The highest BCUT2D eigenvalue weighted by Gasteiger charge is 2.27. The van der Waals surface area contributed by atoms with Crippen molar-refractivity contribution in [2.75, 3.05) is 0 Å². The molecule has 0 atom stereocenters. The maximum Gasteiger partial charge on any atom is 0.168 e. The number of aryl methyl sites for hydroxylation is 1. The van der Waals surface area contributed by atoms with E-state index in [4.69, 9.17) is 0 Å². The lowest BCUT2D eigenvalue weighted by Crippen LogP contribution is -2.22. The fourth-order valence-corrected chi connectivity index (χ4v) is 2.58. The van der Waals surface area contributed by atoms with E-state index in [0.29, 0.717) is 11.5 Å². The van der Waals surface area contributed by atoms with Gasteiger partial charge in [-0.05, 0) is 37.3 Å². The van der Waals surface area contributed by atoms with Crippen molar-refractivity contribution in [2.24, 2.45) is 11.8 Å². The van der Waals surface area contributed by atoms with E-state index in [0.717, 1.165) is 25.7 Å². The Morgan fingerprint density at radius 3 is 2.53 bits per heavy atom. The van der Waals surface area contributed by atoms with Gasteiger partial charge < -0.3 is 0 Å². The predicted octanol–water partition coefficient (Wildman–Crippen LogP) is 4.14. The SMILES string of the molecule is Cc1cccc(C(=O)C2CCC(C)CC2)c1F. The molecule has 1 fully saturated rings. The van der Waals surface area contributed by atoms with Crippen molar-refractivity contribution in [3.63, 3.8) is 0 Å². The van der Waals surface area contributed by atoms with E-state index in [9.17, 15) is 9.18 Å². The third-order valence-corrected chi connectivity index (χ3v) is 3.84. The van der Waals surface area contributed by atoms with Crippen LogP contribution in [0.3, 0.4) is 0 Å². The molecule has 0 aromatic heterocycles. The minimum atomic E-state index is -0.337. The van der Waals surface area contributed by atoms with Gasteiger partial charge in [-0.3, -0.25) is 4.79 Å². The molecule has 0 N–H and O–H groups in total. The number of benzene rings is 1. The van der Waals surface area contributed by atoms with Crippen LogP contribution in [0, 0.1) is 24.6 Å². The van der Waals surface area contributed by atoms with Crippen molar-refractivity contribution < 1.29 is 9.18 Å². The second kappa shape index (κ2) is 4.99. The zero-order valence-corrected chi connectivity index (χ0v) is 10.5. The average molecular weight is 234 g/mol. The van der Waals surface area contributed by atoms with Crippen molar-refractivity contribution in [1.29, 1.82) is 0 Å². The molecule has 0 spiro atoms. The van der Waals surface area contributed by atoms with Crippen LogP contribution in [0.25, 0.3) is 0 Å². The highest BCUT2D eigenvalue weighted by atomic mass is 19.1. The summed E-state index contributed by atoms with van der Waals surface area (Å²) in [6, 6.07) is 5.08. The van der Waals surface area contributed by atoms with Crippen LogP contribution in [0.15, 0.2) is 18.2 Å². The number of ketones is 1. The Hall–Kier alpha value is -1.18. The van der Waals surface area contributed by atoms with E-state index in [-0.39, 0.29) is 23.1 Å². The molecule has 92 valence electrons. The number of carbonyl (C=O) groups excluding carboxylic acids is 1. The van der Waals surface area contributed by atoms with E-state index in [1.165, 1.54) is 0 Å². The lowest BCUT2D eigenvalue weighted by Gasteiger charge is -2.25. The minimum absolute atomic E-state index is 0.00176. The lowest BCUT2D eigenvalue weighted by molar-refractivity contribution is 0.0871. The number of halogens is 1. The first-order chi connectivity index (χ1) is 8.09. The number of hydrogen-bond acceptors (Lipinski definition) is 1. The molecule has 1 aliphatic rings. The Morgan fingerprint density at radius 2 is 1.88 bits per heavy atom. The maximum absolute atomic E-state index is 13.9. The topological polar surface area (TPSA) is 17.1 Å². The average Bonchev–Trinajstić information content (AvgIpc) is 2.33. The van der Waals surface area contributed by atoms with E-state index in [1.807, 2.05) is 0 Å². The van der Waals surface area contributed by atoms with Crippen LogP contribution in [0.2, 0.25) is 0 Å². The normalized spacial score (nSPS) is 24.6. The second-order valence-corrected chi connectivity index (χ2v) is 5.26. The van der Waals surface area contributed by atoms with E-state index >= 15 is 0 Å². The maximum atomic E-state index is 13.9. The van der Waals surface area contributed by atoms with Gasteiger partial charge in [-0.2, -0.15) is 0 Å². The summed E-state index contributed by atoms with van der Waals surface area (Å²) in [7, 11) is 0. The fraction of sp³-hybridized carbons (Fsp3) is 0.533. The predicted molar refractivity (Wildman–Crippen MR) is 66.6 cm³/mol. The molecule has 0 aliphatic heterocycles. The molecule has 2 rings (SSSR count). The summed E-state index contributed by atoms with van der Waals surface area (Å²) >= 11 is 0. The van der Waals surface area contributed by atoms with Gasteiger partial charge in [0.15, 0.2) is 5.78 Å². The van der Waals surface area contributed by atoms with Gasteiger partial charge in [0.1, 0.15) is 5.82 Å². The van der Waals surface area contributed by atoms with Crippen molar-refractivity contribution in [1.82, 2.24) is 0 Å². The van der Waals surface area contributed by atoms with Gasteiger partial charge in [0.2, 0.25) is 0 Å². The molecule has 1 saturated carbocycles. The molecule has 1 nitrogen and oxygen atoms in total. The molecule has 0 bridgehead atoms. The highest BCUT2D eigenvalue weighted by molar-refractivity contribution is 5.98. The molecule has 0 amide bonds. The van der Waals surface area contributed by atoms with Crippen molar-refractivity contribution >= 4 is 5.78 Å². The van der Waals surface area contributed by atoms with Crippen LogP contribution >= 0.6 is 0 Å². The number of hydrogen-bond donors (Lipinski definition) is 0. The first-order valence-corrected chi connectivity index (χ1v) is 6.39. The highest BCUT2D eigenvalue weighted by Crippen LogP contribution is 2.31. The van der Waals surface area contributed by atoms with Crippen molar-refractivity contribution in [3.8, 4) is 0 Å². The summed E-state index contributed by atoms with van der Waals surface area (Å²) in [6.07, 6.45) is 3.99. The molecule has 17 heavy (non-hydrogen) atoms. The largest absolute Gasteiger partial charge is 0.294 e. The van der Waals surface area contributed by atoms with Crippen LogP contribution in [-0.2, 0) is 0 Å². The molecule has 0 unspecified atom stereocenters. The molecule has 0 saturated heterocycles. The summed E-state index contributed by atoms with van der Waals surface area (Å²) in [4.78, 5) is 12.2. The fourth-order valence-electron chi connectivity index (χ4n) is 2.58. The summed E-state index contributed by atoms with van der Waals surface area (Å²) < 4.78 is 13.9. The Balaban J connectivity index is 2.17. The van der Waals surface area contributed by atoms with Gasteiger partial charge in [0.05, 0.1) is 5.56 Å². The van der Waals surface area contributed by atoms with Crippen molar-refractivity contribution in [3.05, 3.63) is 35.1 Å². The van der Waals surface area contributed by atoms with Crippen LogP contribution in [0.4, 0.5) is 4.39 Å². The number of carbonyl (C=O) groups is 1. The molecule has 1 aromatic rings. The third-order valence-electron chi connectivity index (χ3n) is 3.84. The smallest absolute Gasteiger partial charge is 0.168 e. The number of rotatable bonds is 2. The third kappa shape index (κ3) is 2.56. The zero-order chi connectivity index (χ0) is 12.4. The first kappa shape index (κ1) is 12.3. The van der Waals surface area contributed by atoms with Crippen LogP contribution in [-0.4, -0.2) is 5.78 Å². The lowest BCUT2D eigenvalue weighted by atomic mass is 9.79. The molecular formula is C15H19FO. The van der Waals surface area contributed by atoms with Gasteiger partial charge in [0, 0.05) is 5.92 Å². The molecule has 0 heterocycles. The second-order valence-electron chi connectivity index (χ2n) is 5.26. The Kier molecular flexibility index (Phi) is 3.60. The van der Waals surface area contributed by atoms with E-state index in [1.54, 1.807) is 25.1 Å². The van der Waals surface area contributed by atoms with Crippen LogP contribution < -0.4 is 0 Å². The molecule has 1 aliphatic carbocycles. The van der Waals surface area contributed by atoms with Crippen LogP contribution in [0.1, 0.15) is 48.5 Å². The Labute approximate surface area is 102 Å². The summed E-state index contributed by atoms with van der Waals surface area (Å²) in [5.74, 6) is 0.401. The zero-order valence-electron chi connectivity index (χ0n) is 10.5. The standard InChI is InChI=1S/C15H19FO/c1-10-6-8-12(9-7-10)15(17)13-5-3-4-11(2)14(13)16/h3-5,10,12H,6-9H2,1-2H3. The van der Waals surface area contributed by atoms with Gasteiger partial charge >= 0.3 is 0 Å². The van der Waals surface area contributed by atoms with Crippen LogP contribution in [0.5, 0.6) is 0 Å². The molecule has 2 heteroatoms. The summed E-state index contributed by atoms with van der Waals surface area (Å²) in [5, 5.41) is 0. The molecular weight excluding hydrogens is 215 g/mol. The summed E-state index contributed by atoms with van der Waals surface area (Å²) in [5.41, 5.74) is 0.838. The van der Waals surface area contributed by atoms with E-state index < -0.39 is 0 Å². The molecule has 0 radical (unpaired) electrons. The summed E-state index contributed by atoms with van der Waals surface area (Å²) in [6.45, 7) is 3.92. The Bertz CT molecular complexity index is 417. The first-order valence-electron chi connectivity index (χ1n) is 6.39. The van der Waals surface area contributed by atoms with Gasteiger partial charge in [0.25, 0.3) is 0 Å². The number of Topliss-reactive ketones (excluding diaryl/α,β-unsaturated/α-hetero) is 1.